The molecular formula is C9H11BrFNO3. The Hall–Kier alpha value is -0.850. The molecule has 0 amide bonds. The van der Waals surface area contributed by atoms with Gasteiger partial charge in [-0.1, -0.05) is 15.9 Å². The van der Waals surface area contributed by atoms with Gasteiger partial charge < -0.3 is 14.7 Å². The zero-order valence-electron chi connectivity index (χ0n) is 8.09. The topological polar surface area (TPSA) is 64.7 Å². The second-order valence-electron chi connectivity index (χ2n) is 2.82. The third-order valence-corrected chi connectivity index (χ3v) is 2.63. The second kappa shape index (κ2) is 5.29. The zero-order valence-corrected chi connectivity index (χ0v) is 9.67. The molecule has 0 bridgehead atoms. The molecule has 0 radical (unpaired) electrons. The van der Waals surface area contributed by atoms with E-state index >= 15 is 0 Å². The Morgan fingerprint density at radius 3 is 2.80 bits per heavy atom. The van der Waals surface area contributed by atoms with E-state index in [9.17, 15) is 9.50 Å². The van der Waals surface area contributed by atoms with E-state index in [4.69, 9.17) is 10.6 Å². The minimum atomic E-state index is -0.610. The summed E-state index contributed by atoms with van der Waals surface area (Å²) in [5.74, 6) is 3.82. The van der Waals surface area contributed by atoms with Gasteiger partial charge in [-0.2, -0.15) is 0 Å². The van der Waals surface area contributed by atoms with E-state index in [-0.39, 0.29) is 18.1 Å². The predicted octanol–water partition coefficient (Wildman–Crippen LogP) is 1.74. The number of ether oxygens (including phenoxy) is 1. The summed E-state index contributed by atoms with van der Waals surface area (Å²) in [7, 11) is 1.29. The van der Waals surface area contributed by atoms with Crippen molar-refractivity contribution >= 4 is 15.9 Å². The molecule has 4 nitrogen and oxygen atoms in total. The highest BCUT2D eigenvalue weighted by molar-refractivity contribution is 9.10. The lowest BCUT2D eigenvalue weighted by molar-refractivity contribution is 0.140. The maximum absolute atomic E-state index is 13.7. The van der Waals surface area contributed by atoms with E-state index in [1.807, 2.05) is 0 Å². The molecule has 0 spiro atoms. The molecular weight excluding hydrogens is 269 g/mol. The molecule has 0 aliphatic rings. The number of phenolic OH excluding ortho intramolecular Hbond substituents is 1. The number of benzene rings is 1. The molecule has 0 aromatic heterocycles. The number of halogens is 2. The van der Waals surface area contributed by atoms with Gasteiger partial charge in [0.1, 0.15) is 0 Å². The fourth-order valence-corrected chi connectivity index (χ4v) is 1.80. The van der Waals surface area contributed by atoms with Gasteiger partial charge in [-0.15, -0.1) is 0 Å². The molecule has 0 heterocycles. The van der Waals surface area contributed by atoms with Crippen LogP contribution in [0.15, 0.2) is 10.5 Å². The molecule has 84 valence electrons. The first-order valence-corrected chi connectivity index (χ1v) is 4.96. The first-order valence-electron chi connectivity index (χ1n) is 4.17. The van der Waals surface area contributed by atoms with Crippen molar-refractivity contribution in [2.45, 2.75) is 6.42 Å². The average molecular weight is 280 g/mol. The van der Waals surface area contributed by atoms with Crippen LogP contribution in [0.1, 0.15) is 5.56 Å². The van der Waals surface area contributed by atoms with Crippen molar-refractivity contribution in [2.75, 3.05) is 13.7 Å². The minimum absolute atomic E-state index is 0.176. The lowest BCUT2D eigenvalue weighted by Gasteiger charge is -2.11. The fraction of sp³-hybridized carbons (Fsp3) is 0.333. The monoisotopic (exact) mass is 279 g/mol. The number of rotatable bonds is 4. The third-order valence-electron chi connectivity index (χ3n) is 1.92. The summed E-state index contributed by atoms with van der Waals surface area (Å²) in [6, 6.07) is 1.37. The molecule has 1 rings (SSSR count). The van der Waals surface area contributed by atoms with Crippen molar-refractivity contribution in [3.8, 4) is 11.5 Å². The highest BCUT2D eigenvalue weighted by Gasteiger charge is 2.17. The summed E-state index contributed by atoms with van der Waals surface area (Å²) in [4.78, 5) is 4.37. The van der Waals surface area contributed by atoms with E-state index in [1.54, 1.807) is 0 Å². The van der Waals surface area contributed by atoms with Crippen LogP contribution in [-0.4, -0.2) is 18.8 Å². The number of nitrogens with two attached hydrogens (primary N) is 1. The van der Waals surface area contributed by atoms with E-state index in [2.05, 4.69) is 20.8 Å². The van der Waals surface area contributed by atoms with Gasteiger partial charge in [0.2, 0.25) is 0 Å². The normalized spacial score (nSPS) is 10.4. The fourth-order valence-electron chi connectivity index (χ4n) is 1.21. The van der Waals surface area contributed by atoms with Crippen LogP contribution in [0.25, 0.3) is 0 Å². The van der Waals surface area contributed by atoms with Crippen LogP contribution in [0.2, 0.25) is 0 Å². The standard InChI is InChI=1S/C9H11BrFNO3/c1-14-9-7(13)4-6(10)5(8(9)11)2-3-15-12/h4,13H,2-3,12H2,1H3. The number of hydrogen-bond donors (Lipinski definition) is 2. The van der Waals surface area contributed by atoms with Gasteiger partial charge in [-0.3, -0.25) is 0 Å². The van der Waals surface area contributed by atoms with Crippen molar-refractivity contribution in [1.29, 1.82) is 0 Å². The first kappa shape index (κ1) is 12.2. The Morgan fingerprint density at radius 1 is 1.60 bits per heavy atom. The van der Waals surface area contributed by atoms with Crippen LogP contribution in [0.4, 0.5) is 4.39 Å². The van der Waals surface area contributed by atoms with Gasteiger partial charge >= 0.3 is 0 Å². The highest BCUT2D eigenvalue weighted by Crippen LogP contribution is 2.36. The Bertz CT molecular complexity index is 360. The first-order chi connectivity index (χ1) is 7.11. The molecule has 3 N–H and O–H groups in total. The lowest BCUT2D eigenvalue weighted by Crippen LogP contribution is -2.06. The van der Waals surface area contributed by atoms with Crippen molar-refractivity contribution in [3.63, 3.8) is 0 Å². The Kier molecular flexibility index (Phi) is 4.31. The minimum Gasteiger partial charge on any atom is -0.504 e. The summed E-state index contributed by atoms with van der Waals surface area (Å²) in [6.45, 7) is 0.184. The summed E-state index contributed by atoms with van der Waals surface area (Å²) in [5.41, 5.74) is 0.357. The maximum Gasteiger partial charge on any atom is 0.196 e. The van der Waals surface area contributed by atoms with Crippen molar-refractivity contribution in [2.24, 2.45) is 5.90 Å². The van der Waals surface area contributed by atoms with Gasteiger partial charge in [-0.25, -0.2) is 10.3 Å². The molecule has 0 aliphatic heterocycles. The molecule has 0 saturated carbocycles. The Labute approximate surface area is 94.9 Å². The Balaban J connectivity index is 3.14. The molecule has 0 atom stereocenters. The maximum atomic E-state index is 13.7. The largest absolute Gasteiger partial charge is 0.504 e. The summed E-state index contributed by atoms with van der Waals surface area (Å²) >= 11 is 3.14. The quantitative estimate of drug-likeness (QED) is 0.824. The number of phenols is 1. The van der Waals surface area contributed by atoms with Crippen LogP contribution < -0.4 is 10.6 Å². The van der Waals surface area contributed by atoms with Gasteiger partial charge in [0.05, 0.1) is 13.7 Å². The lowest BCUT2D eigenvalue weighted by atomic mass is 10.1. The molecule has 0 unspecified atom stereocenters. The highest BCUT2D eigenvalue weighted by atomic mass is 79.9. The molecule has 1 aromatic rings. The molecule has 15 heavy (non-hydrogen) atoms. The second-order valence-corrected chi connectivity index (χ2v) is 3.68. The molecule has 0 saturated heterocycles. The van der Waals surface area contributed by atoms with Gasteiger partial charge in [0.25, 0.3) is 0 Å². The predicted molar refractivity (Wildman–Crippen MR) is 56.2 cm³/mol. The molecule has 1 aromatic carbocycles. The van der Waals surface area contributed by atoms with E-state index in [0.717, 1.165) is 0 Å². The van der Waals surface area contributed by atoms with E-state index in [1.165, 1.54) is 13.2 Å². The van der Waals surface area contributed by atoms with Crippen LogP contribution in [-0.2, 0) is 11.3 Å². The van der Waals surface area contributed by atoms with Crippen molar-refractivity contribution < 1.29 is 19.1 Å². The van der Waals surface area contributed by atoms with E-state index < -0.39 is 5.82 Å². The third kappa shape index (κ3) is 2.58. The zero-order chi connectivity index (χ0) is 11.4. The van der Waals surface area contributed by atoms with Crippen molar-refractivity contribution in [3.05, 3.63) is 21.9 Å². The van der Waals surface area contributed by atoms with Gasteiger partial charge in [0, 0.05) is 16.5 Å². The average Bonchev–Trinajstić information content (AvgIpc) is 2.17. The number of methoxy groups -OCH3 is 1. The van der Waals surface area contributed by atoms with Crippen LogP contribution >= 0.6 is 15.9 Å². The molecule has 0 fully saturated rings. The van der Waals surface area contributed by atoms with Gasteiger partial charge in [0.15, 0.2) is 17.3 Å². The van der Waals surface area contributed by atoms with Gasteiger partial charge in [-0.05, 0) is 6.07 Å². The SMILES string of the molecule is COc1c(O)cc(Br)c(CCON)c1F. The molecule has 0 aliphatic carbocycles. The van der Waals surface area contributed by atoms with Crippen LogP contribution in [0.3, 0.4) is 0 Å². The molecule has 6 heteroatoms. The number of aromatic hydroxyl groups is 1. The van der Waals surface area contributed by atoms with Crippen LogP contribution in [0.5, 0.6) is 11.5 Å². The Morgan fingerprint density at radius 2 is 2.27 bits per heavy atom. The summed E-state index contributed by atoms with van der Waals surface area (Å²) in [6.07, 6.45) is 0.291. The van der Waals surface area contributed by atoms with Crippen LogP contribution in [0, 0.1) is 5.82 Å². The smallest absolute Gasteiger partial charge is 0.196 e. The summed E-state index contributed by atoms with van der Waals surface area (Å²) in [5, 5.41) is 9.37. The van der Waals surface area contributed by atoms with Crippen molar-refractivity contribution in [1.82, 2.24) is 0 Å². The number of hydrogen-bond acceptors (Lipinski definition) is 4. The summed E-state index contributed by atoms with van der Waals surface area (Å²) < 4.78 is 18.9. The van der Waals surface area contributed by atoms with E-state index in [0.29, 0.717) is 16.5 Å².